The molecule has 0 aromatic carbocycles. The normalized spacial score (nSPS) is 14.2. The molecule has 0 aromatic heterocycles. The molecular weight excluding hydrogens is 1150 g/mol. The van der Waals surface area contributed by atoms with Crippen LogP contribution in [-0.4, -0.2) is 96.7 Å². The number of aliphatic hydroxyl groups excluding tert-OH is 1. The second-order valence-corrected chi connectivity index (χ2v) is 28.4. The predicted molar refractivity (Wildman–Crippen MR) is 349 cm³/mol. The molecule has 0 fully saturated rings. The first kappa shape index (κ1) is 85.1. The van der Waals surface area contributed by atoms with Crippen LogP contribution >= 0.6 is 15.6 Å². The minimum absolute atomic E-state index is 0.104. The van der Waals surface area contributed by atoms with Gasteiger partial charge in [-0.15, -0.1) is 0 Å². The second kappa shape index (κ2) is 60.3. The van der Waals surface area contributed by atoms with E-state index >= 15 is 0 Å². The second-order valence-electron chi connectivity index (χ2n) is 25.5. The molecule has 0 aliphatic carbocycles. The maximum Gasteiger partial charge on any atom is 0.472 e. The van der Waals surface area contributed by atoms with E-state index < -0.39 is 97.5 Å². The summed E-state index contributed by atoms with van der Waals surface area (Å²) in [6.45, 7) is 9.45. The largest absolute Gasteiger partial charge is 0.472 e. The number of unbranched alkanes of at least 4 members (excludes halogenated alkanes) is 37. The van der Waals surface area contributed by atoms with Gasteiger partial charge < -0.3 is 33.8 Å². The van der Waals surface area contributed by atoms with E-state index in [2.05, 4.69) is 41.5 Å². The average Bonchev–Trinajstić information content (AvgIpc) is 3.69. The molecule has 2 unspecified atom stereocenters. The third-order valence-electron chi connectivity index (χ3n) is 15.7. The van der Waals surface area contributed by atoms with Gasteiger partial charge in [0.2, 0.25) is 0 Å². The highest BCUT2D eigenvalue weighted by atomic mass is 31.2. The Hall–Kier alpha value is -1.94. The van der Waals surface area contributed by atoms with E-state index in [1.54, 1.807) is 0 Å². The Morgan fingerprint density at radius 2 is 0.529 bits per heavy atom. The molecule has 0 spiro atoms. The van der Waals surface area contributed by atoms with Crippen LogP contribution in [0.2, 0.25) is 0 Å². The minimum atomic E-state index is -4.95. The SMILES string of the molecule is CCCCCCCCCCCCCCCCCCC(=O)O[C@H](COC(=O)CCCCCCCCCCCCC(C)C)COP(=O)(O)OC[C@@H](O)COP(=O)(O)OC[C@@H](COC(=O)CCCCCCCCC)OC(=O)CCCCCCCCCCC(C)C. The first-order chi connectivity index (χ1) is 41.9. The number of carbonyl (C=O) groups is 4. The number of ether oxygens (including phenoxy) is 4. The lowest BCUT2D eigenvalue weighted by molar-refractivity contribution is -0.161. The van der Waals surface area contributed by atoms with Gasteiger partial charge in [0.25, 0.3) is 0 Å². The van der Waals surface area contributed by atoms with Crippen LogP contribution in [0.4, 0.5) is 0 Å². The Morgan fingerprint density at radius 3 is 0.782 bits per heavy atom. The summed E-state index contributed by atoms with van der Waals surface area (Å²) >= 11 is 0. The van der Waals surface area contributed by atoms with Crippen LogP contribution in [0.5, 0.6) is 0 Å². The molecule has 3 N–H and O–H groups in total. The number of hydrogen-bond acceptors (Lipinski definition) is 15. The zero-order chi connectivity index (χ0) is 64.3. The van der Waals surface area contributed by atoms with Gasteiger partial charge in [-0.3, -0.25) is 37.3 Å². The number of aliphatic hydroxyl groups is 1. The fraction of sp³-hybridized carbons (Fsp3) is 0.941. The van der Waals surface area contributed by atoms with Crippen molar-refractivity contribution in [3.63, 3.8) is 0 Å². The topological polar surface area (TPSA) is 237 Å². The number of phosphoric acid groups is 2. The lowest BCUT2D eigenvalue weighted by atomic mass is 10.0. The lowest BCUT2D eigenvalue weighted by Crippen LogP contribution is -2.30. The van der Waals surface area contributed by atoms with Crippen LogP contribution in [-0.2, 0) is 65.4 Å². The molecule has 0 aromatic rings. The van der Waals surface area contributed by atoms with E-state index in [0.29, 0.717) is 25.7 Å². The molecular formula is C68H132O17P2. The molecule has 19 heteroatoms. The standard InChI is InChI=1S/C68H132O17P2/c1-7-9-11-13-15-16-17-18-19-20-21-22-27-34-40-46-52-67(72)84-64(57-79-66(71)51-45-39-33-26-24-23-25-31-36-42-48-60(3)4)59-83-87(76,77)81-55-62(69)54-80-86(74,75)82-58-63(56-78-65(70)50-44-38-30-14-12-10-8-2)85-68(73)53-47-41-35-29-28-32-37-43-49-61(5)6/h60-64,69H,7-59H2,1-6H3,(H,74,75)(H,76,77)/t62-,63+,64+/m0/s1. The fourth-order valence-electron chi connectivity index (χ4n) is 10.2. The first-order valence-electron chi connectivity index (χ1n) is 35.5. The van der Waals surface area contributed by atoms with E-state index in [9.17, 15) is 43.2 Å². The Labute approximate surface area is 530 Å². The monoisotopic (exact) mass is 1280 g/mol. The molecule has 17 nitrogen and oxygen atoms in total. The van der Waals surface area contributed by atoms with Crippen LogP contribution in [0.15, 0.2) is 0 Å². The number of carbonyl (C=O) groups excluding carboxylic acids is 4. The number of esters is 4. The summed E-state index contributed by atoms with van der Waals surface area (Å²) in [5, 5.41) is 10.6. The van der Waals surface area contributed by atoms with Gasteiger partial charge in [0, 0.05) is 25.7 Å². The molecule has 0 rings (SSSR count). The number of hydrogen-bond donors (Lipinski definition) is 3. The van der Waals surface area contributed by atoms with Gasteiger partial charge in [0.15, 0.2) is 12.2 Å². The Morgan fingerprint density at radius 1 is 0.310 bits per heavy atom. The van der Waals surface area contributed by atoms with Crippen molar-refractivity contribution < 1.29 is 80.2 Å². The van der Waals surface area contributed by atoms with E-state index in [-0.39, 0.29) is 25.7 Å². The van der Waals surface area contributed by atoms with Gasteiger partial charge in [0.05, 0.1) is 26.4 Å². The van der Waals surface area contributed by atoms with Crippen molar-refractivity contribution in [3.8, 4) is 0 Å². The zero-order valence-electron chi connectivity index (χ0n) is 56.3. The maximum absolute atomic E-state index is 13.0. The molecule has 5 atom stereocenters. The van der Waals surface area contributed by atoms with Crippen LogP contribution in [0.1, 0.15) is 343 Å². The summed E-state index contributed by atoms with van der Waals surface area (Å²) in [6, 6.07) is 0. The summed E-state index contributed by atoms with van der Waals surface area (Å²) in [7, 11) is -9.89. The zero-order valence-corrected chi connectivity index (χ0v) is 58.1. The number of phosphoric ester groups is 2. The number of rotatable bonds is 67. The molecule has 0 heterocycles. The van der Waals surface area contributed by atoms with Crippen molar-refractivity contribution in [2.24, 2.45) is 11.8 Å². The van der Waals surface area contributed by atoms with Gasteiger partial charge in [-0.25, -0.2) is 9.13 Å². The summed E-state index contributed by atoms with van der Waals surface area (Å²) in [6.07, 6.45) is 44.6. The van der Waals surface area contributed by atoms with Gasteiger partial charge >= 0.3 is 39.5 Å². The summed E-state index contributed by atoms with van der Waals surface area (Å²) < 4.78 is 68.1. The van der Waals surface area contributed by atoms with Gasteiger partial charge in [0.1, 0.15) is 19.3 Å². The van der Waals surface area contributed by atoms with Gasteiger partial charge in [-0.05, 0) is 37.5 Å². The van der Waals surface area contributed by atoms with Crippen molar-refractivity contribution >= 4 is 39.5 Å². The van der Waals surface area contributed by atoms with E-state index in [1.165, 1.54) is 148 Å². The Kier molecular flexibility index (Phi) is 59.0. The van der Waals surface area contributed by atoms with Crippen LogP contribution in [0, 0.1) is 11.8 Å². The quantitative estimate of drug-likeness (QED) is 0.0222. The lowest BCUT2D eigenvalue weighted by Gasteiger charge is -2.21. The molecule has 0 bridgehead atoms. The summed E-state index contributed by atoms with van der Waals surface area (Å²) in [5.74, 6) is -0.655. The van der Waals surface area contributed by atoms with Crippen molar-refractivity contribution in [2.45, 2.75) is 362 Å². The molecule has 0 saturated carbocycles. The maximum atomic E-state index is 13.0. The van der Waals surface area contributed by atoms with Crippen LogP contribution in [0.25, 0.3) is 0 Å². The molecule has 87 heavy (non-hydrogen) atoms. The summed E-state index contributed by atoms with van der Waals surface area (Å²) in [4.78, 5) is 72.3. The molecule has 0 aliphatic heterocycles. The minimum Gasteiger partial charge on any atom is -0.462 e. The Balaban J connectivity index is 5.21. The summed E-state index contributed by atoms with van der Waals surface area (Å²) in [5.41, 5.74) is 0. The predicted octanol–water partition coefficient (Wildman–Crippen LogP) is 19.2. The van der Waals surface area contributed by atoms with E-state index in [1.807, 2.05) is 0 Å². The average molecular weight is 1280 g/mol. The molecule has 0 radical (unpaired) electrons. The van der Waals surface area contributed by atoms with Crippen molar-refractivity contribution in [2.75, 3.05) is 39.6 Å². The van der Waals surface area contributed by atoms with Gasteiger partial charge in [-0.1, -0.05) is 292 Å². The van der Waals surface area contributed by atoms with Crippen LogP contribution in [0.3, 0.4) is 0 Å². The molecule has 0 saturated heterocycles. The van der Waals surface area contributed by atoms with Crippen LogP contribution < -0.4 is 0 Å². The third-order valence-corrected chi connectivity index (χ3v) is 17.6. The Bertz CT molecular complexity index is 1700. The van der Waals surface area contributed by atoms with E-state index in [4.69, 9.17) is 37.0 Å². The van der Waals surface area contributed by atoms with Crippen molar-refractivity contribution in [3.05, 3.63) is 0 Å². The highest BCUT2D eigenvalue weighted by Crippen LogP contribution is 2.45. The first-order valence-corrected chi connectivity index (χ1v) is 38.5. The molecule has 516 valence electrons. The highest BCUT2D eigenvalue weighted by molar-refractivity contribution is 7.47. The molecule has 0 aliphatic rings. The van der Waals surface area contributed by atoms with E-state index in [0.717, 1.165) is 115 Å². The molecule has 0 amide bonds. The van der Waals surface area contributed by atoms with Crippen molar-refractivity contribution in [1.29, 1.82) is 0 Å². The fourth-order valence-corrected chi connectivity index (χ4v) is 11.8. The highest BCUT2D eigenvalue weighted by Gasteiger charge is 2.30. The third kappa shape index (κ3) is 62.6. The van der Waals surface area contributed by atoms with Gasteiger partial charge in [-0.2, -0.15) is 0 Å². The van der Waals surface area contributed by atoms with Crippen molar-refractivity contribution in [1.82, 2.24) is 0 Å². The smallest absolute Gasteiger partial charge is 0.462 e.